The van der Waals surface area contributed by atoms with E-state index in [1.165, 1.54) is 6.33 Å². The number of hydrogen-bond donors (Lipinski definition) is 1. The highest BCUT2D eigenvalue weighted by Gasteiger charge is 2.30. The van der Waals surface area contributed by atoms with Gasteiger partial charge in [0, 0.05) is 18.0 Å². The number of rotatable bonds is 3. The Kier molecular flexibility index (Phi) is 3.28. The molecule has 23 heavy (non-hydrogen) atoms. The van der Waals surface area contributed by atoms with E-state index >= 15 is 0 Å². The Bertz CT molecular complexity index is 813. The summed E-state index contributed by atoms with van der Waals surface area (Å²) in [6, 6.07) is 0. The van der Waals surface area contributed by atoms with Crippen LogP contribution in [0.5, 0.6) is 5.75 Å². The van der Waals surface area contributed by atoms with Gasteiger partial charge in [0.05, 0.1) is 31.4 Å². The zero-order valence-corrected chi connectivity index (χ0v) is 13.3. The van der Waals surface area contributed by atoms with Crippen LogP contribution in [0.15, 0.2) is 11.1 Å². The predicted molar refractivity (Wildman–Crippen MR) is 84.9 cm³/mol. The van der Waals surface area contributed by atoms with Crippen molar-refractivity contribution in [2.24, 2.45) is 0 Å². The summed E-state index contributed by atoms with van der Waals surface area (Å²) < 4.78 is 5.54. The van der Waals surface area contributed by atoms with Crippen molar-refractivity contribution in [3.8, 4) is 5.75 Å². The lowest BCUT2D eigenvalue weighted by molar-refractivity contribution is 0.404. The van der Waals surface area contributed by atoms with Crippen molar-refractivity contribution in [3.05, 3.63) is 39.5 Å². The van der Waals surface area contributed by atoms with Gasteiger partial charge in [-0.15, -0.1) is 0 Å². The quantitative estimate of drug-likeness (QED) is 0.920. The third-order valence-electron chi connectivity index (χ3n) is 4.49. The van der Waals surface area contributed by atoms with Crippen LogP contribution < -0.4 is 15.2 Å². The zero-order valence-electron chi connectivity index (χ0n) is 13.3. The Balaban J connectivity index is 1.74. The molecule has 7 nitrogen and oxygen atoms in total. The van der Waals surface area contributed by atoms with Gasteiger partial charge < -0.3 is 14.6 Å². The highest BCUT2D eigenvalue weighted by molar-refractivity contribution is 5.56. The summed E-state index contributed by atoms with van der Waals surface area (Å²) >= 11 is 0. The molecule has 0 saturated heterocycles. The van der Waals surface area contributed by atoms with Crippen LogP contribution in [0, 0.1) is 6.92 Å². The maximum Gasteiger partial charge on any atom is 0.254 e. The van der Waals surface area contributed by atoms with E-state index in [9.17, 15) is 4.79 Å². The standard InChI is InChI=1S/C16H19N5O2/c1-9-13(23-2)15(20-14(19-9)10-3-4-10)21-6-5-11-12(7-21)17-8-18-16(11)22/h8,10H,3-7H2,1-2H3,(H,17,18,22). The molecule has 1 saturated carbocycles. The molecule has 0 unspecified atom stereocenters. The van der Waals surface area contributed by atoms with Gasteiger partial charge in [-0.05, 0) is 26.2 Å². The summed E-state index contributed by atoms with van der Waals surface area (Å²) in [6.07, 6.45) is 4.43. The Morgan fingerprint density at radius 3 is 2.91 bits per heavy atom. The van der Waals surface area contributed by atoms with E-state index in [4.69, 9.17) is 9.72 Å². The van der Waals surface area contributed by atoms with Gasteiger partial charge in [0.1, 0.15) is 5.82 Å². The van der Waals surface area contributed by atoms with Gasteiger partial charge in [-0.1, -0.05) is 0 Å². The van der Waals surface area contributed by atoms with Gasteiger partial charge in [-0.2, -0.15) is 0 Å². The minimum absolute atomic E-state index is 0.0425. The molecule has 120 valence electrons. The summed E-state index contributed by atoms with van der Waals surface area (Å²) in [7, 11) is 1.65. The number of nitrogens with zero attached hydrogens (tertiary/aromatic N) is 4. The van der Waals surface area contributed by atoms with Crippen molar-refractivity contribution in [2.75, 3.05) is 18.6 Å². The van der Waals surface area contributed by atoms with Crippen molar-refractivity contribution in [1.82, 2.24) is 19.9 Å². The average molecular weight is 313 g/mol. The lowest BCUT2D eigenvalue weighted by Gasteiger charge is -2.30. The molecule has 0 atom stereocenters. The topological polar surface area (TPSA) is 84.0 Å². The van der Waals surface area contributed by atoms with Crippen LogP contribution in [0.4, 0.5) is 5.82 Å². The molecule has 2 aromatic heterocycles. The second-order valence-corrected chi connectivity index (χ2v) is 6.13. The maximum absolute atomic E-state index is 11.9. The number of methoxy groups -OCH3 is 1. The van der Waals surface area contributed by atoms with E-state index in [1.807, 2.05) is 6.92 Å². The molecule has 2 aliphatic rings. The average Bonchev–Trinajstić information content (AvgIpc) is 3.39. The molecule has 0 radical (unpaired) electrons. The molecule has 1 aliphatic carbocycles. The summed E-state index contributed by atoms with van der Waals surface area (Å²) in [4.78, 5) is 30.3. The number of fused-ring (bicyclic) bond motifs is 1. The van der Waals surface area contributed by atoms with E-state index in [0.717, 1.165) is 48.0 Å². The van der Waals surface area contributed by atoms with Gasteiger partial charge >= 0.3 is 0 Å². The Labute approximate surface area is 133 Å². The smallest absolute Gasteiger partial charge is 0.254 e. The molecule has 0 amide bonds. The first-order chi connectivity index (χ1) is 11.2. The van der Waals surface area contributed by atoms with Gasteiger partial charge in [0.25, 0.3) is 5.56 Å². The third-order valence-corrected chi connectivity index (χ3v) is 4.49. The Morgan fingerprint density at radius 1 is 1.35 bits per heavy atom. The molecule has 4 rings (SSSR count). The maximum atomic E-state index is 11.9. The SMILES string of the molecule is COc1c(C)nc(C2CC2)nc1N1CCc2c(nc[nH]c2=O)C1. The Morgan fingerprint density at radius 2 is 2.17 bits per heavy atom. The van der Waals surface area contributed by atoms with E-state index in [-0.39, 0.29) is 5.56 Å². The number of aromatic nitrogens is 4. The molecule has 0 spiro atoms. The highest BCUT2D eigenvalue weighted by Crippen LogP contribution is 2.41. The second-order valence-electron chi connectivity index (χ2n) is 6.13. The number of ether oxygens (including phenoxy) is 1. The van der Waals surface area contributed by atoms with Gasteiger partial charge in [0.2, 0.25) is 0 Å². The van der Waals surface area contributed by atoms with Crippen molar-refractivity contribution in [1.29, 1.82) is 0 Å². The number of hydrogen-bond acceptors (Lipinski definition) is 6. The fraction of sp³-hybridized carbons (Fsp3) is 0.500. The normalized spacial score (nSPS) is 17.0. The molecular formula is C16H19N5O2. The van der Waals surface area contributed by atoms with Crippen LogP contribution in [0.1, 0.15) is 41.5 Å². The summed E-state index contributed by atoms with van der Waals surface area (Å²) in [6.45, 7) is 3.24. The summed E-state index contributed by atoms with van der Waals surface area (Å²) in [5, 5.41) is 0. The fourth-order valence-electron chi connectivity index (χ4n) is 3.09. The van der Waals surface area contributed by atoms with Crippen molar-refractivity contribution < 1.29 is 4.74 Å². The first-order valence-electron chi connectivity index (χ1n) is 7.90. The molecule has 2 aromatic rings. The highest BCUT2D eigenvalue weighted by atomic mass is 16.5. The third kappa shape index (κ3) is 2.46. The van der Waals surface area contributed by atoms with Gasteiger partial charge in [-0.25, -0.2) is 15.0 Å². The minimum Gasteiger partial charge on any atom is -0.491 e. The fourth-order valence-corrected chi connectivity index (χ4v) is 3.09. The van der Waals surface area contributed by atoms with E-state index in [2.05, 4.69) is 19.9 Å². The van der Waals surface area contributed by atoms with Crippen LogP contribution in [-0.2, 0) is 13.0 Å². The molecule has 1 fully saturated rings. The molecule has 3 heterocycles. The lowest BCUT2D eigenvalue weighted by Crippen LogP contribution is -2.36. The van der Waals surface area contributed by atoms with Gasteiger partial charge in [0.15, 0.2) is 11.6 Å². The second kappa shape index (κ2) is 5.33. The minimum atomic E-state index is -0.0425. The van der Waals surface area contributed by atoms with Crippen molar-refractivity contribution in [3.63, 3.8) is 0 Å². The monoisotopic (exact) mass is 313 g/mol. The number of aromatic amines is 1. The van der Waals surface area contributed by atoms with Gasteiger partial charge in [-0.3, -0.25) is 4.79 Å². The molecule has 1 N–H and O–H groups in total. The molecule has 0 bridgehead atoms. The largest absolute Gasteiger partial charge is 0.491 e. The first kappa shape index (κ1) is 14.2. The van der Waals surface area contributed by atoms with E-state index < -0.39 is 0 Å². The summed E-state index contributed by atoms with van der Waals surface area (Å²) in [5.74, 6) is 2.91. The summed E-state index contributed by atoms with van der Waals surface area (Å²) in [5.41, 5.74) is 2.41. The number of H-pyrrole nitrogens is 1. The predicted octanol–water partition coefficient (Wildman–Crippen LogP) is 1.32. The molecular weight excluding hydrogens is 294 g/mol. The Hall–Kier alpha value is -2.44. The van der Waals surface area contributed by atoms with Crippen LogP contribution >= 0.6 is 0 Å². The number of aryl methyl sites for hydroxylation is 1. The van der Waals surface area contributed by atoms with Crippen molar-refractivity contribution in [2.45, 2.75) is 38.6 Å². The van der Waals surface area contributed by atoms with E-state index in [1.54, 1.807) is 7.11 Å². The lowest BCUT2D eigenvalue weighted by atomic mass is 10.1. The zero-order chi connectivity index (χ0) is 16.0. The number of anilines is 1. The van der Waals surface area contributed by atoms with E-state index in [0.29, 0.717) is 24.6 Å². The number of nitrogens with one attached hydrogen (secondary N) is 1. The molecule has 0 aromatic carbocycles. The van der Waals surface area contributed by atoms with Crippen LogP contribution in [0.25, 0.3) is 0 Å². The van der Waals surface area contributed by atoms with Crippen molar-refractivity contribution >= 4 is 5.82 Å². The van der Waals surface area contributed by atoms with Crippen LogP contribution in [0.3, 0.4) is 0 Å². The molecule has 7 heteroatoms. The molecule has 1 aliphatic heterocycles. The first-order valence-corrected chi connectivity index (χ1v) is 7.90. The van der Waals surface area contributed by atoms with Crippen LogP contribution in [-0.4, -0.2) is 33.6 Å². The van der Waals surface area contributed by atoms with Crippen LogP contribution in [0.2, 0.25) is 0 Å².